The monoisotopic (exact) mass is 488 g/mol. The zero-order chi connectivity index (χ0) is 22.9. The minimum atomic E-state index is -3.80. The summed E-state index contributed by atoms with van der Waals surface area (Å²) in [6, 6.07) is 9.48. The lowest BCUT2D eigenvalue weighted by Gasteiger charge is -2.11. The molecule has 0 amide bonds. The van der Waals surface area contributed by atoms with Crippen molar-refractivity contribution in [2.75, 3.05) is 26.4 Å². The molecule has 1 N–H and O–H groups in total. The Morgan fingerprint density at radius 1 is 1.03 bits per heavy atom. The van der Waals surface area contributed by atoms with Crippen LogP contribution in [0.15, 0.2) is 47.4 Å². The Hall–Kier alpha value is -2.10. The van der Waals surface area contributed by atoms with Crippen LogP contribution in [0.5, 0.6) is 5.75 Å². The molecule has 0 unspecified atom stereocenters. The molecule has 2 aromatic rings. The van der Waals surface area contributed by atoms with E-state index in [0.717, 1.165) is 11.6 Å². The molecule has 2 aromatic carbocycles. The fourth-order valence-electron chi connectivity index (χ4n) is 2.39. The predicted octanol–water partition coefficient (Wildman–Crippen LogP) is 4.59. The molecular formula is C21H22Cl2O7S. The van der Waals surface area contributed by atoms with Crippen molar-refractivity contribution in [3.05, 3.63) is 63.6 Å². The number of ether oxygens (including phenoxy) is 2. The van der Waals surface area contributed by atoms with Crippen molar-refractivity contribution < 1.29 is 32.0 Å². The van der Waals surface area contributed by atoms with E-state index in [1.807, 2.05) is 6.92 Å². The lowest BCUT2D eigenvalue weighted by molar-refractivity contribution is -0.131. The molecule has 0 aliphatic heterocycles. The first-order chi connectivity index (χ1) is 14.7. The van der Waals surface area contributed by atoms with E-state index < -0.39 is 16.1 Å². The zero-order valence-corrected chi connectivity index (χ0v) is 19.0. The van der Waals surface area contributed by atoms with Crippen molar-refractivity contribution in [3.8, 4) is 5.75 Å². The van der Waals surface area contributed by atoms with Gasteiger partial charge in [-0.2, -0.15) is 8.42 Å². The summed E-state index contributed by atoms with van der Waals surface area (Å²) < 4.78 is 40.0. The summed E-state index contributed by atoms with van der Waals surface area (Å²) in [6.07, 6.45) is 2.87. The highest BCUT2D eigenvalue weighted by Gasteiger charge is 2.14. The highest BCUT2D eigenvalue weighted by molar-refractivity contribution is 7.86. The number of hydrogen-bond acceptors (Lipinski definition) is 6. The molecule has 2 rings (SSSR count). The van der Waals surface area contributed by atoms with Gasteiger partial charge in [0, 0.05) is 19.1 Å². The lowest BCUT2D eigenvalue weighted by Crippen LogP contribution is -2.13. The second-order valence-electron chi connectivity index (χ2n) is 6.39. The summed E-state index contributed by atoms with van der Waals surface area (Å²) in [4.78, 5) is 10.7. The summed E-state index contributed by atoms with van der Waals surface area (Å²) >= 11 is 12.3. The van der Waals surface area contributed by atoms with Crippen LogP contribution in [0.2, 0.25) is 10.0 Å². The van der Waals surface area contributed by atoms with Crippen molar-refractivity contribution in [2.24, 2.45) is 0 Å². The molecule has 0 saturated carbocycles. The molecule has 0 aliphatic rings. The van der Waals surface area contributed by atoms with Crippen LogP contribution in [0.1, 0.15) is 17.5 Å². The number of halogens is 2. The largest absolute Gasteiger partial charge is 0.490 e. The number of rotatable bonds is 12. The number of aryl methyl sites for hydroxylation is 1. The number of hydrogen-bond donors (Lipinski definition) is 1. The van der Waals surface area contributed by atoms with Crippen molar-refractivity contribution in [2.45, 2.75) is 18.2 Å². The average Bonchev–Trinajstić information content (AvgIpc) is 2.70. The number of carboxylic acids is 1. The normalized spacial score (nSPS) is 11.7. The fraction of sp³-hybridized carbons (Fsp3) is 0.286. The Bertz CT molecular complexity index is 996. The number of carboxylic acid groups (broad SMARTS) is 1. The number of benzene rings is 2. The predicted molar refractivity (Wildman–Crippen MR) is 118 cm³/mol. The van der Waals surface area contributed by atoms with Gasteiger partial charge in [0.1, 0.15) is 0 Å². The first-order valence-electron chi connectivity index (χ1n) is 9.26. The van der Waals surface area contributed by atoms with E-state index in [1.165, 1.54) is 18.2 Å². The summed E-state index contributed by atoms with van der Waals surface area (Å²) in [5.41, 5.74) is 1.49. The Labute approximate surface area is 191 Å². The van der Waals surface area contributed by atoms with Crippen LogP contribution in [0, 0.1) is 6.92 Å². The van der Waals surface area contributed by atoms with Crippen molar-refractivity contribution >= 4 is 45.4 Å². The Balaban J connectivity index is 1.68. The SMILES string of the molecule is Cc1ccc(S(=O)(=O)OCCOCCCOc2c(Cl)cc(/C=C/C(=O)O)cc2Cl)cc1. The molecule has 31 heavy (non-hydrogen) atoms. The molecule has 0 atom stereocenters. The minimum absolute atomic E-state index is 0.0972. The molecular weight excluding hydrogens is 467 g/mol. The molecule has 0 spiro atoms. The third-order valence-electron chi connectivity index (χ3n) is 3.89. The van der Waals surface area contributed by atoms with Crippen LogP contribution in [-0.4, -0.2) is 45.9 Å². The Morgan fingerprint density at radius 3 is 2.29 bits per heavy atom. The van der Waals surface area contributed by atoms with Gasteiger partial charge < -0.3 is 14.6 Å². The highest BCUT2D eigenvalue weighted by atomic mass is 35.5. The number of carbonyl (C=O) groups is 1. The maximum atomic E-state index is 12.0. The third kappa shape index (κ3) is 8.51. The van der Waals surface area contributed by atoms with Crippen LogP contribution < -0.4 is 4.74 Å². The van der Waals surface area contributed by atoms with Gasteiger partial charge in [-0.15, -0.1) is 0 Å². The molecule has 10 heteroatoms. The second kappa shape index (κ2) is 12.1. The van der Waals surface area contributed by atoms with Gasteiger partial charge in [0.2, 0.25) is 0 Å². The first-order valence-corrected chi connectivity index (χ1v) is 11.4. The smallest absolute Gasteiger partial charge is 0.328 e. The molecule has 0 radical (unpaired) electrons. The standard InChI is InChI=1S/C21H22Cl2O7S/c1-15-3-6-17(7-4-15)31(26,27)30-12-11-28-9-2-10-29-21-18(22)13-16(14-19(21)23)5-8-20(24)25/h3-8,13-14H,2,9-12H2,1H3,(H,24,25)/b8-5+. The average molecular weight is 489 g/mol. The van der Waals surface area contributed by atoms with Crippen molar-refractivity contribution in [3.63, 3.8) is 0 Å². The Kier molecular flexibility index (Phi) is 9.80. The van der Waals surface area contributed by atoms with Crippen LogP contribution in [0.4, 0.5) is 0 Å². The van der Waals surface area contributed by atoms with Crippen LogP contribution in [0.25, 0.3) is 6.08 Å². The van der Waals surface area contributed by atoms with E-state index in [4.69, 9.17) is 42.0 Å². The van der Waals surface area contributed by atoms with Gasteiger partial charge in [-0.3, -0.25) is 4.18 Å². The molecule has 0 bridgehead atoms. The molecule has 7 nitrogen and oxygen atoms in total. The van der Waals surface area contributed by atoms with E-state index >= 15 is 0 Å². The van der Waals surface area contributed by atoms with E-state index in [9.17, 15) is 13.2 Å². The fourth-order valence-corrected chi connectivity index (χ4v) is 3.90. The third-order valence-corrected chi connectivity index (χ3v) is 5.78. The van der Waals surface area contributed by atoms with Gasteiger partial charge in [-0.05, 0) is 42.8 Å². The molecule has 0 aromatic heterocycles. The highest BCUT2D eigenvalue weighted by Crippen LogP contribution is 2.34. The van der Waals surface area contributed by atoms with Crippen LogP contribution >= 0.6 is 23.2 Å². The van der Waals surface area contributed by atoms with Crippen LogP contribution in [0.3, 0.4) is 0 Å². The summed E-state index contributed by atoms with van der Waals surface area (Å²) in [6.45, 7) is 2.47. The molecule has 0 heterocycles. The Morgan fingerprint density at radius 2 is 1.68 bits per heavy atom. The summed E-state index contributed by atoms with van der Waals surface area (Å²) in [7, 11) is -3.80. The van der Waals surface area contributed by atoms with Gasteiger partial charge >= 0.3 is 5.97 Å². The van der Waals surface area contributed by atoms with Crippen molar-refractivity contribution in [1.82, 2.24) is 0 Å². The van der Waals surface area contributed by atoms with E-state index in [0.29, 0.717) is 24.3 Å². The lowest BCUT2D eigenvalue weighted by atomic mass is 10.2. The molecule has 0 fully saturated rings. The molecule has 168 valence electrons. The molecule has 0 saturated heterocycles. The summed E-state index contributed by atoms with van der Waals surface area (Å²) in [5, 5.41) is 9.18. The van der Waals surface area contributed by atoms with E-state index in [-0.39, 0.29) is 34.8 Å². The minimum Gasteiger partial charge on any atom is -0.490 e. The number of aliphatic carboxylic acids is 1. The maximum absolute atomic E-state index is 12.0. The zero-order valence-electron chi connectivity index (χ0n) is 16.7. The van der Waals surface area contributed by atoms with Crippen LogP contribution in [-0.2, 0) is 23.8 Å². The van der Waals surface area contributed by atoms with E-state index in [1.54, 1.807) is 24.3 Å². The van der Waals surface area contributed by atoms with Gasteiger partial charge in [0.25, 0.3) is 10.1 Å². The van der Waals surface area contributed by atoms with Gasteiger partial charge in [-0.25, -0.2) is 4.79 Å². The van der Waals surface area contributed by atoms with E-state index in [2.05, 4.69) is 0 Å². The quantitative estimate of drug-likeness (QED) is 0.265. The van der Waals surface area contributed by atoms with Crippen molar-refractivity contribution in [1.29, 1.82) is 0 Å². The molecule has 0 aliphatic carbocycles. The topological polar surface area (TPSA) is 99.1 Å². The van der Waals surface area contributed by atoms with Gasteiger partial charge in [-0.1, -0.05) is 40.9 Å². The van der Waals surface area contributed by atoms with Gasteiger partial charge in [0.05, 0.1) is 34.8 Å². The van der Waals surface area contributed by atoms with Gasteiger partial charge in [0.15, 0.2) is 5.75 Å². The first kappa shape index (κ1) is 25.2. The summed E-state index contributed by atoms with van der Waals surface area (Å²) in [5.74, 6) is -0.783. The second-order valence-corrected chi connectivity index (χ2v) is 8.82. The maximum Gasteiger partial charge on any atom is 0.328 e.